The van der Waals surface area contributed by atoms with Gasteiger partial charge in [-0.15, -0.1) is 0 Å². The minimum atomic E-state index is -0.0352. The molecule has 0 aliphatic rings. The molecule has 82 valence electrons. The van der Waals surface area contributed by atoms with Gasteiger partial charge in [0.2, 0.25) is 0 Å². The van der Waals surface area contributed by atoms with E-state index in [-0.39, 0.29) is 5.78 Å². The van der Waals surface area contributed by atoms with Crippen LogP contribution in [-0.2, 0) is 6.54 Å². The number of rotatable bonds is 3. The van der Waals surface area contributed by atoms with Gasteiger partial charge < -0.3 is 4.57 Å². The molecule has 0 fully saturated rings. The molecule has 0 saturated carbocycles. The third-order valence-electron chi connectivity index (χ3n) is 2.27. The van der Waals surface area contributed by atoms with Crippen LogP contribution < -0.4 is 0 Å². The number of hydrogen-bond donors (Lipinski definition) is 0. The molecule has 1 aromatic carbocycles. The first-order valence-electron chi connectivity index (χ1n) is 4.93. The van der Waals surface area contributed by atoms with E-state index in [9.17, 15) is 4.79 Å². The number of ketones is 1. The molecule has 16 heavy (non-hydrogen) atoms. The fourth-order valence-electron chi connectivity index (χ4n) is 1.58. The highest BCUT2D eigenvalue weighted by Crippen LogP contribution is 2.12. The van der Waals surface area contributed by atoms with Crippen molar-refractivity contribution in [1.29, 1.82) is 0 Å². The Balaban J connectivity index is 2.27. The fourth-order valence-corrected chi connectivity index (χ4v) is 1.79. The second-order valence-electron chi connectivity index (χ2n) is 3.56. The molecule has 1 aromatic heterocycles. The fraction of sp³-hybridized carbons (Fsp3) is 0.167. The van der Waals surface area contributed by atoms with Gasteiger partial charge in [0.1, 0.15) is 0 Å². The highest BCUT2D eigenvalue weighted by atomic mass is 35.5. The Morgan fingerprint density at radius 3 is 3.00 bits per heavy atom. The zero-order valence-corrected chi connectivity index (χ0v) is 9.61. The molecule has 0 unspecified atom stereocenters. The van der Waals surface area contributed by atoms with Crippen LogP contribution >= 0.6 is 11.6 Å². The summed E-state index contributed by atoms with van der Waals surface area (Å²) in [7, 11) is 0. The number of nitrogens with zero attached hydrogens (tertiary/aromatic N) is 2. The van der Waals surface area contributed by atoms with Crippen molar-refractivity contribution in [3.63, 3.8) is 0 Å². The number of carbonyl (C=O) groups excluding carboxylic acids is 1. The van der Waals surface area contributed by atoms with Crippen molar-refractivity contribution in [2.45, 2.75) is 13.5 Å². The molecule has 2 rings (SSSR count). The maximum atomic E-state index is 11.3. The molecule has 0 bridgehead atoms. The van der Waals surface area contributed by atoms with Crippen LogP contribution in [0.3, 0.4) is 0 Å². The molecular weight excluding hydrogens is 224 g/mol. The summed E-state index contributed by atoms with van der Waals surface area (Å²) in [6.07, 6.45) is 3.42. The van der Waals surface area contributed by atoms with Crippen molar-refractivity contribution in [2.75, 3.05) is 0 Å². The maximum Gasteiger partial charge on any atom is 0.195 e. The second kappa shape index (κ2) is 4.49. The largest absolute Gasteiger partial charge is 0.324 e. The Morgan fingerprint density at radius 1 is 1.50 bits per heavy atom. The zero-order valence-electron chi connectivity index (χ0n) is 8.85. The molecule has 0 spiro atoms. The van der Waals surface area contributed by atoms with Crippen LogP contribution in [0, 0.1) is 0 Å². The lowest BCUT2D eigenvalue weighted by molar-refractivity contribution is 0.1000. The van der Waals surface area contributed by atoms with Gasteiger partial charge in [-0.2, -0.15) is 0 Å². The molecule has 0 saturated heterocycles. The number of Topliss-reactive ketones (excluding diaryl/α,β-unsaturated/α-hetero) is 1. The third-order valence-corrected chi connectivity index (χ3v) is 2.51. The smallest absolute Gasteiger partial charge is 0.195 e. The summed E-state index contributed by atoms with van der Waals surface area (Å²) < 4.78 is 1.81. The van der Waals surface area contributed by atoms with E-state index in [0.29, 0.717) is 17.4 Å². The normalized spacial score (nSPS) is 10.4. The molecule has 0 aliphatic carbocycles. The number of imidazole rings is 1. The summed E-state index contributed by atoms with van der Waals surface area (Å²) in [4.78, 5) is 15.3. The van der Waals surface area contributed by atoms with E-state index in [2.05, 4.69) is 4.98 Å². The van der Waals surface area contributed by atoms with Crippen molar-refractivity contribution >= 4 is 17.4 Å². The van der Waals surface area contributed by atoms with Gasteiger partial charge in [0.25, 0.3) is 0 Å². The number of halogens is 1. The molecule has 0 amide bonds. The molecule has 2 aromatic rings. The SMILES string of the molecule is CC(=O)c1nccn1Cc1cccc(Cl)c1. The van der Waals surface area contributed by atoms with Crippen LogP contribution in [0.25, 0.3) is 0 Å². The van der Waals surface area contributed by atoms with Gasteiger partial charge in [0.05, 0.1) is 0 Å². The molecule has 4 heteroatoms. The Bertz CT molecular complexity index is 519. The standard InChI is InChI=1S/C12H11ClN2O/c1-9(16)12-14-5-6-15(12)8-10-3-2-4-11(13)7-10/h2-7H,8H2,1H3. The summed E-state index contributed by atoms with van der Waals surface area (Å²) in [5, 5.41) is 0.696. The average Bonchev–Trinajstić information content (AvgIpc) is 2.66. The molecule has 0 N–H and O–H groups in total. The second-order valence-corrected chi connectivity index (χ2v) is 4.00. The lowest BCUT2D eigenvalue weighted by atomic mass is 10.2. The van der Waals surface area contributed by atoms with E-state index >= 15 is 0 Å². The molecule has 3 nitrogen and oxygen atoms in total. The van der Waals surface area contributed by atoms with Crippen LogP contribution in [-0.4, -0.2) is 15.3 Å². The summed E-state index contributed by atoms with van der Waals surface area (Å²) in [5.74, 6) is 0.437. The van der Waals surface area contributed by atoms with Crippen LogP contribution in [0.5, 0.6) is 0 Å². The zero-order chi connectivity index (χ0) is 11.5. The lowest BCUT2D eigenvalue weighted by Gasteiger charge is -2.05. The van der Waals surface area contributed by atoms with Gasteiger partial charge in [-0.1, -0.05) is 23.7 Å². The minimum Gasteiger partial charge on any atom is -0.324 e. The summed E-state index contributed by atoms with van der Waals surface area (Å²) in [5.41, 5.74) is 1.05. The topological polar surface area (TPSA) is 34.9 Å². The summed E-state index contributed by atoms with van der Waals surface area (Å²) in [6, 6.07) is 7.56. The third kappa shape index (κ3) is 2.31. The number of hydrogen-bond acceptors (Lipinski definition) is 2. The van der Waals surface area contributed by atoms with Gasteiger partial charge >= 0.3 is 0 Å². The first kappa shape index (κ1) is 10.9. The molecular formula is C12H11ClN2O. The van der Waals surface area contributed by atoms with E-state index in [4.69, 9.17) is 11.6 Å². The van der Waals surface area contributed by atoms with E-state index in [1.54, 1.807) is 12.4 Å². The van der Waals surface area contributed by atoms with Crippen molar-refractivity contribution in [3.8, 4) is 0 Å². The molecule has 0 radical (unpaired) electrons. The number of benzene rings is 1. The highest BCUT2D eigenvalue weighted by molar-refractivity contribution is 6.30. The van der Waals surface area contributed by atoms with Gasteiger partial charge in [0, 0.05) is 30.9 Å². The van der Waals surface area contributed by atoms with Crippen molar-refractivity contribution in [3.05, 3.63) is 53.1 Å². The molecule has 0 aliphatic heterocycles. The van der Waals surface area contributed by atoms with Crippen LogP contribution in [0.1, 0.15) is 23.1 Å². The lowest BCUT2D eigenvalue weighted by Crippen LogP contribution is -2.08. The molecule has 1 heterocycles. The van der Waals surface area contributed by atoms with E-state index < -0.39 is 0 Å². The predicted octanol–water partition coefficient (Wildman–Crippen LogP) is 2.79. The Hall–Kier alpha value is -1.61. The van der Waals surface area contributed by atoms with Crippen LogP contribution in [0.15, 0.2) is 36.7 Å². The predicted molar refractivity (Wildman–Crippen MR) is 62.8 cm³/mol. The van der Waals surface area contributed by atoms with Gasteiger partial charge in [0.15, 0.2) is 11.6 Å². The Morgan fingerprint density at radius 2 is 2.31 bits per heavy atom. The Kier molecular flexibility index (Phi) is 3.06. The van der Waals surface area contributed by atoms with E-state index in [0.717, 1.165) is 5.56 Å². The summed E-state index contributed by atoms with van der Waals surface area (Å²) in [6.45, 7) is 2.12. The maximum absolute atomic E-state index is 11.3. The van der Waals surface area contributed by atoms with Gasteiger partial charge in [-0.25, -0.2) is 4.98 Å². The van der Waals surface area contributed by atoms with Crippen molar-refractivity contribution < 1.29 is 4.79 Å². The van der Waals surface area contributed by atoms with Gasteiger partial charge in [-0.3, -0.25) is 4.79 Å². The van der Waals surface area contributed by atoms with Crippen molar-refractivity contribution in [2.24, 2.45) is 0 Å². The average molecular weight is 235 g/mol. The number of aromatic nitrogens is 2. The Labute approximate surface area is 98.7 Å². The first-order chi connectivity index (χ1) is 7.66. The monoisotopic (exact) mass is 234 g/mol. The summed E-state index contributed by atoms with van der Waals surface area (Å²) >= 11 is 5.90. The molecule has 0 atom stereocenters. The number of carbonyl (C=O) groups is 1. The van der Waals surface area contributed by atoms with Crippen LogP contribution in [0.4, 0.5) is 0 Å². The highest BCUT2D eigenvalue weighted by Gasteiger charge is 2.07. The van der Waals surface area contributed by atoms with E-state index in [1.807, 2.05) is 28.8 Å². The van der Waals surface area contributed by atoms with E-state index in [1.165, 1.54) is 6.92 Å². The minimum absolute atomic E-state index is 0.0352. The van der Waals surface area contributed by atoms with Gasteiger partial charge in [-0.05, 0) is 17.7 Å². The van der Waals surface area contributed by atoms with Crippen LogP contribution in [0.2, 0.25) is 5.02 Å². The quantitative estimate of drug-likeness (QED) is 0.766. The first-order valence-corrected chi connectivity index (χ1v) is 5.31. The van der Waals surface area contributed by atoms with Crippen molar-refractivity contribution in [1.82, 2.24) is 9.55 Å².